The molecule has 1 fully saturated rings. The van der Waals surface area contributed by atoms with Crippen LogP contribution in [-0.2, 0) is 0 Å². The minimum absolute atomic E-state index is 0.574. The van der Waals surface area contributed by atoms with Gasteiger partial charge in [-0.1, -0.05) is 0 Å². The second-order valence-corrected chi connectivity index (χ2v) is 5.04. The molecule has 0 saturated carbocycles. The summed E-state index contributed by atoms with van der Waals surface area (Å²) in [6.45, 7) is 1.84. The van der Waals surface area contributed by atoms with E-state index in [4.69, 9.17) is 5.73 Å². The van der Waals surface area contributed by atoms with E-state index in [2.05, 4.69) is 30.8 Å². The Morgan fingerprint density at radius 1 is 1.44 bits per heavy atom. The fraction of sp³-hybridized carbons (Fsp3) is 0.636. The smallest absolute Gasteiger partial charge is 0.225 e. The van der Waals surface area contributed by atoms with Crippen molar-refractivity contribution in [2.75, 3.05) is 18.0 Å². The van der Waals surface area contributed by atoms with Crippen LogP contribution in [0.1, 0.15) is 25.7 Å². The van der Waals surface area contributed by atoms with Gasteiger partial charge in [0.05, 0.1) is 4.47 Å². The van der Waals surface area contributed by atoms with Gasteiger partial charge < -0.3 is 10.6 Å². The summed E-state index contributed by atoms with van der Waals surface area (Å²) in [6, 6.07) is 0.574. The van der Waals surface area contributed by atoms with Gasteiger partial charge in [0.1, 0.15) is 0 Å². The van der Waals surface area contributed by atoms with Gasteiger partial charge in [0.2, 0.25) is 5.95 Å². The first kappa shape index (κ1) is 11.8. The van der Waals surface area contributed by atoms with Gasteiger partial charge in [-0.05, 0) is 48.2 Å². The van der Waals surface area contributed by atoms with Gasteiger partial charge in [0.15, 0.2) is 0 Å². The molecule has 1 aliphatic rings. The number of nitrogens with two attached hydrogens (primary N) is 1. The van der Waals surface area contributed by atoms with Crippen molar-refractivity contribution in [2.24, 2.45) is 5.73 Å². The number of hydrogen-bond acceptors (Lipinski definition) is 4. The van der Waals surface area contributed by atoms with Crippen LogP contribution in [0.3, 0.4) is 0 Å². The molecular formula is C11H17BrN4. The largest absolute Gasteiger partial charge is 0.338 e. The molecule has 0 aromatic carbocycles. The third kappa shape index (κ3) is 2.71. The third-order valence-corrected chi connectivity index (χ3v) is 3.39. The van der Waals surface area contributed by atoms with Crippen LogP contribution in [-0.4, -0.2) is 29.1 Å². The maximum absolute atomic E-state index is 5.55. The van der Waals surface area contributed by atoms with E-state index in [1.807, 2.05) is 0 Å². The normalized spacial score (nSPS) is 20.4. The molecule has 0 amide bonds. The number of anilines is 1. The van der Waals surface area contributed by atoms with Crippen LogP contribution >= 0.6 is 15.9 Å². The van der Waals surface area contributed by atoms with E-state index in [-0.39, 0.29) is 0 Å². The Hall–Kier alpha value is -0.680. The molecule has 1 unspecified atom stereocenters. The van der Waals surface area contributed by atoms with Gasteiger partial charge in [-0.2, -0.15) is 0 Å². The van der Waals surface area contributed by atoms with Crippen molar-refractivity contribution in [3.05, 3.63) is 16.9 Å². The van der Waals surface area contributed by atoms with Gasteiger partial charge in [-0.25, -0.2) is 9.97 Å². The SMILES string of the molecule is NCCCC1CCCN1c1ncc(Br)cn1. The molecule has 0 radical (unpaired) electrons. The van der Waals surface area contributed by atoms with E-state index in [1.165, 1.54) is 12.8 Å². The number of nitrogens with zero attached hydrogens (tertiary/aromatic N) is 3. The van der Waals surface area contributed by atoms with Gasteiger partial charge in [-0.15, -0.1) is 0 Å². The van der Waals surface area contributed by atoms with Crippen molar-refractivity contribution in [1.82, 2.24) is 9.97 Å². The minimum atomic E-state index is 0.574. The maximum atomic E-state index is 5.55. The molecule has 1 aromatic rings. The van der Waals surface area contributed by atoms with Crippen molar-refractivity contribution in [1.29, 1.82) is 0 Å². The lowest BCUT2D eigenvalue weighted by Crippen LogP contribution is -2.31. The van der Waals surface area contributed by atoms with E-state index in [9.17, 15) is 0 Å². The predicted octanol–water partition coefficient (Wildman–Crippen LogP) is 1.95. The molecule has 2 rings (SSSR count). The van der Waals surface area contributed by atoms with Crippen LogP contribution in [0.15, 0.2) is 16.9 Å². The van der Waals surface area contributed by atoms with Crippen molar-refractivity contribution in [3.8, 4) is 0 Å². The van der Waals surface area contributed by atoms with Crippen molar-refractivity contribution in [2.45, 2.75) is 31.7 Å². The summed E-state index contributed by atoms with van der Waals surface area (Å²) in [4.78, 5) is 11.0. The molecule has 5 heteroatoms. The highest BCUT2D eigenvalue weighted by Crippen LogP contribution is 2.25. The molecule has 1 aromatic heterocycles. The van der Waals surface area contributed by atoms with Crippen LogP contribution in [0.4, 0.5) is 5.95 Å². The first-order valence-electron chi connectivity index (χ1n) is 5.75. The summed E-state index contributed by atoms with van der Waals surface area (Å²) in [5.74, 6) is 0.850. The zero-order valence-corrected chi connectivity index (χ0v) is 10.9. The Balaban J connectivity index is 2.04. The summed E-state index contributed by atoms with van der Waals surface area (Å²) in [7, 11) is 0. The lowest BCUT2D eigenvalue weighted by Gasteiger charge is -2.24. The topological polar surface area (TPSA) is 55.0 Å². The standard InChI is InChI=1S/C11H17BrN4/c12-9-7-14-11(15-8-9)16-6-2-4-10(16)3-1-5-13/h7-8,10H,1-6,13H2. The molecule has 2 N–H and O–H groups in total. The fourth-order valence-electron chi connectivity index (χ4n) is 2.21. The van der Waals surface area contributed by atoms with E-state index in [0.29, 0.717) is 6.04 Å². The molecule has 0 aliphatic carbocycles. The van der Waals surface area contributed by atoms with Crippen LogP contribution in [0.5, 0.6) is 0 Å². The Labute approximate surface area is 104 Å². The molecule has 1 aliphatic heterocycles. The molecule has 1 saturated heterocycles. The highest BCUT2D eigenvalue weighted by atomic mass is 79.9. The molecule has 88 valence electrons. The molecule has 1 atom stereocenters. The minimum Gasteiger partial charge on any atom is -0.338 e. The van der Waals surface area contributed by atoms with Gasteiger partial charge in [0.25, 0.3) is 0 Å². The maximum Gasteiger partial charge on any atom is 0.225 e. The van der Waals surface area contributed by atoms with Gasteiger partial charge in [-0.3, -0.25) is 0 Å². The predicted molar refractivity (Wildman–Crippen MR) is 68.4 cm³/mol. The van der Waals surface area contributed by atoms with Crippen LogP contribution in [0.25, 0.3) is 0 Å². The Morgan fingerprint density at radius 2 is 2.19 bits per heavy atom. The van der Waals surface area contributed by atoms with Gasteiger partial charge >= 0.3 is 0 Å². The van der Waals surface area contributed by atoms with Crippen molar-refractivity contribution < 1.29 is 0 Å². The van der Waals surface area contributed by atoms with Crippen molar-refractivity contribution >= 4 is 21.9 Å². The Bertz CT molecular complexity index is 327. The lowest BCUT2D eigenvalue weighted by molar-refractivity contribution is 0.578. The first-order valence-corrected chi connectivity index (χ1v) is 6.55. The van der Waals surface area contributed by atoms with Crippen molar-refractivity contribution in [3.63, 3.8) is 0 Å². The van der Waals surface area contributed by atoms with E-state index < -0.39 is 0 Å². The number of rotatable bonds is 4. The molecule has 0 spiro atoms. The van der Waals surface area contributed by atoms with Crippen LogP contribution in [0.2, 0.25) is 0 Å². The summed E-state index contributed by atoms with van der Waals surface area (Å²) < 4.78 is 0.925. The molecule has 16 heavy (non-hydrogen) atoms. The molecule has 0 bridgehead atoms. The zero-order valence-electron chi connectivity index (χ0n) is 9.27. The summed E-state index contributed by atoms with van der Waals surface area (Å²) >= 11 is 3.35. The third-order valence-electron chi connectivity index (χ3n) is 2.98. The first-order chi connectivity index (χ1) is 7.81. The monoisotopic (exact) mass is 284 g/mol. The zero-order chi connectivity index (χ0) is 11.4. The quantitative estimate of drug-likeness (QED) is 0.918. The highest BCUT2D eigenvalue weighted by Gasteiger charge is 2.25. The Morgan fingerprint density at radius 3 is 2.88 bits per heavy atom. The van der Waals surface area contributed by atoms with E-state index in [0.717, 1.165) is 36.4 Å². The lowest BCUT2D eigenvalue weighted by atomic mass is 10.1. The summed E-state index contributed by atoms with van der Waals surface area (Å²) in [6.07, 6.45) is 8.31. The van der Waals surface area contributed by atoms with E-state index >= 15 is 0 Å². The van der Waals surface area contributed by atoms with Crippen LogP contribution in [0, 0.1) is 0 Å². The molecule has 2 heterocycles. The molecule has 4 nitrogen and oxygen atoms in total. The Kier molecular flexibility index (Phi) is 4.12. The number of halogens is 1. The summed E-state index contributed by atoms with van der Waals surface area (Å²) in [5, 5.41) is 0. The van der Waals surface area contributed by atoms with E-state index in [1.54, 1.807) is 12.4 Å². The second kappa shape index (κ2) is 5.59. The average Bonchev–Trinajstić information content (AvgIpc) is 2.75. The van der Waals surface area contributed by atoms with Crippen LogP contribution < -0.4 is 10.6 Å². The van der Waals surface area contributed by atoms with Gasteiger partial charge in [0, 0.05) is 25.0 Å². The molecular weight excluding hydrogens is 268 g/mol. The second-order valence-electron chi connectivity index (χ2n) is 4.12. The highest BCUT2D eigenvalue weighted by molar-refractivity contribution is 9.10. The fourth-order valence-corrected chi connectivity index (χ4v) is 2.41. The average molecular weight is 285 g/mol. The number of aromatic nitrogens is 2. The summed E-state index contributed by atoms with van der Waals surface area (Å²) in [5.41, 5.74) is 5.55. The number of hydrogen-bond donors (Lipinski definition) is 1.